The molecule has 0 unspecified atom stereocenters. The minimum atomic E-state index is 0. The number of hydrogen-bond acceptors (Lipinski definition) is 2. The van der Waals surface area contributed by atoms with E-state index in [0.29, 0.717) is 14.1 Å². The third-order valence-electron chi connectivity index (χ3n) is 1.77. The van der Waals surface area contributed by atoms with Crippen molar-refractivity contribution in [3.8, 4) is 5.75 Å². The summed E-state index contributed by atoms with van der Waals surface area (Å²) in [6.07, 6.45) is 1.63. The summed E-state index contributed by atoms with van der Waals surface area (Å²) in [7, 11) is 0. The number of nitrogens with zero attached hydrogens (tertiary/aromatic N) is 1. The van der Waals surface area contributed by atoms with Crippen LogP contribution in [0.25, 0.3) is 10.9 Å². The number of aromatic hydroxyl groups is 1. The molecule has 0 aliphatic heterocycles. The molecule has 1 aromatic heterocycles. The summed E-state index contributed by atoms with van der Waals surface area (Å²) in [4.78, 5) is 4.06. The number of pyridine rings is 1. The Balaban J connectivity index is 0.000000980. The Morgan fingerprint density at radius 2 is 2.14 bits per heavy atom. The van der Waals surface area contributed by atoms with Gasteiger partial charge in [-0.25, -0.2) is 0 Å². The SMILES string of the molecule is Oc1c(I)cc(Cl)c2cccnc12.[67Ga]. The Labute approximate surface area is 113 Å². The van der Waals surface area contributed by atoms with Gasteiger partial charge in [0.15, 0.2) is 5.75 Å². The van der Waals surface area contributed by atoms with E-state index in [1.807, 2.05) is 28.7 Å². The first-order chi connectivity index (χ1) is 6.20. The maximum absolute atomic E-state index is 9.65. The minimum Gasteiger partial charge on any atom is -0.505 e. The zero-order valence-electron chi connectivity index (χ0n) is 7.04. The minimum absolute atomic E-state index is 0. The van der Waals surface area contributed by atoms with Crippen molar-refractivity contribution in [1.29, 1.82) is 0 Å². The van der Waals surface area contributed by atoms with E-state index in [0.717, 1.165) is 5.39 Å². The van der Waals surface area contributed by atoms with Crippen molar-refractivity contribution in [2.45, 2.75) is 0 Å². The fourth-order valence-corrected chi connectivity index (χ4v) is 2.17. The smallest absolute Gasteiger partial charge is 0.155 e. The van der Waals surface area contributed by atoms with Gasteiger partial charge in [-0.1, -0.05) is 11.6 Å². The van der Waals surface area contributed by atoms with E-state index in [4.69, 9.17) is 11.6 Å². The van der Waals surface area contributed by atoms with Crippen LogP contribution in [0.4, 0.5) is 0 Å². The van der Waals surface area contributed by atoms with Crippen LogP contribution in [0.2, 0.25) is 5.02 Å². The molecule has 1 heterocycles. The van der Waals surface area contributed by atoms with Gasteiger partial charge in [0.1, 0.15) is 5.52 Å². The summed E-state index contributed by atoms with van der Waals surface area (Å²) >= 11 is 8.00. The summed E-state index contributed by atoms with van der Waals surface area (Å²) < 4.78 is 0.716. The standard InChI is InChI=1S/C9H5ClINO.Ga/c10-6-4-7(11)9(13)8-5(6)2-1-3-12-8;/h1-4,13H;/i;1-3. The molecule has 0 atom stereocenters. The van der Waals surface area contributed by atoms with E-state index in [2.05, 4.69) is 4.98 Å². The summed E-state index contributed by atoms with van der Waals surface area (Å²) in [5.41, 5.74) is 0.555. The molecule has 0 spiro atoms. The molecule has 0 saturated heterocycles. The molecule has 0 aliphatic carbocycles. The Bertz CT molecular complexity index is 478. The quantitative estimate of drug-likeness (QED) is 0.570. The number of aromatic nitrogens is 1. The molecule has 1 aromatic carbocycles. The Morgan fingerprint density at radius 3 is 2.86 bits per heavy atom. The molecule has 69 valence electrons. The second-order valence-electron chi connectivity index (χ2n) is 2.59. The van der Waals surface area contributed by atoms with Crippen molar-refractivity contribution in [2.75, 3.05) is 0 Å². The molecule has 14 heavy (non-hydrogen) atoms. The molecule has 5 heteroatoms. The van der Waals surface area contributed by atoms with Crippen molar-refractivity contribution in [3.63, 3.8) is 0 Å². The first kappa shape index (κ1) is 12.2. The number of phenols is 1. The maximum atomic E-state index is 9.65. The van der Waals surface area contributed by atoms with Crippen molar-refractivity contribution >= 4 is 64.9 Å². The number of halogens is 2. The second-order valence-corrected chi connectivity index (χ2v) is 4.16. The van der Waals surface area contributed by atoms with Gasteiger partial charge < -0.3 is 5.11 Å². The molecular formula is C9H5ClGaINO. The van der Waals surface area contributed by atoms with Gasteiger partial charge in [-0.15, -0.1) is 0 Å². The number of phenolic OH excluding ortho intramolecular Hbond substituents is 1. The summed E-state index contributed by atoms with van der Waals surface area (Å²) in [6.45, 7) is 0. The summed E-state index contributed by atoms with van der Waals surface area (Å²) in [5.74, 6) is 0.195. The van der Waals surface area contributed by atoms with Crippen molar-refractivity contribution in [2.24, 2.45) is 0 Å². The molecular weight excluding hydrogens is 367 g/mol. The van der Waals surface area contributed by atoms with E-state index in [1.54, 1.807) is 18.3 Å². The first-order valence-electron chi connectivity index (χ1n) is 3.62. The van der Waals surface area contributed by atoms with Crippen LogP contribution in [0, 0.1) is 3.57 Å². The van der Waals surface area contributed by atoms with Gasteiger partial charge in [0.05, 0.1) is 8.59 Å². The molecule has 3 radical (unpaired) electrons. The van der Waals surface area contributed by atoms with Crippen LogP contribution in [0.1, 0.15) is 0 Å². The van der Waals surface area contributed by atoms with E-state index in [9.17, 15) is 5.11 Å². The van der Waals surface area contributed by atoms with Crippen molar-refractivity contribution < 1.29 is 5.11 Å². The van der Waals surface area contributed by atoms with Gasteiger partial charge in [-0.3, -0.25) is 4.98 Å². The largest absolute Gasteiger partial charge is 0.505 e. The molecule has 0 bridgehead atoms. The Morgan fingerprint density at radius 1 is 1.43 bits per heavy atom. The predicted molar refractivity (Wildman–Crippen MR) is 66.9 cm³/mol. The number of fused-ring (bicyclic) bond motifs is 1. The molecule has 2 aromatic rings. The van der Waals surface area contributed by atoms with Crippen molar-refractivity contribution in [1.82, 2.24) is 4.98 Å². The van der Waals surface area contributed by atoms with E-state index in [1.165, 1.54) is 0 Å². The molecule has 0 aliphatic rings. The normalized spacial score (nSPS) is 9.86. The second kappa shape index (κ2) is 4.74. The molecule has 0 saturated carbocycles. The van der Waals surface area contributed by atoms with Gasteiger partial charge in [0.25, 0.3) is 0 Å². The van der Waals surface area contributed by atoms with Gasteiger partial charge in [0, 0.05) is 31.4 Å². The number of benzene rings is 1. The average molecular weight is 372 g/mol. The summed E-state index contributed by atoms with van der Waals surface area (Å²) in [5, 5.41) is 11.0. The molecule has 2 rings (SSSR count). The van der Waals surface area contributed by atoms with Crippen LogP contribution < -0.4 is 0 Å². The predicted octanol–water partition coefficient (Wildman–Crippen LogP) is 2.82. The fourth-order valence-electron chi connectivity index (χ4n) is 1.16. The van der Waals surface area contributed by atoms with E-state index >= 15 is 0 Å². The zero-order valence-corrected chi connectivity index (χ0v) is 12.4. The van der Waals surface area contributed by atoms with E-state index in [-0.39, 0.29) is 25.5 Å². The van der Waals surface area contributed by atoms with Crippen LogP contribution in [0.15, 0.2) is 24.4 Å². The van der Waals surface area contributed by atoms with Gasteiger partial charge in [-0.2, -0.15) is 0 Å². The zero-order chi connectivity index (χ0) is 9.42. The Hall–Kier alpha value is 0.0864. The molecule has 0 amide bonds. The van der Waals surface area contributed by atoms with Crippen LogP contribution in [-0.2, 0) is 0 Å². The third-order valence-corrected chi connectivity index (χ3v) is 2.90. The summed E-state index contributed by atoms with van der Waals surface area (Å²) in [6, 6.07) is 5.35. The maximum Gasteiger partial charge on any atom is 0.155 e. The van der Waals surface area contributed by atoms with Crippen LogP contribution >= 0.6 is 34.2 Å². The van der Waals surface area contributed by atoms with Crippen LogP contribution in [0.3, 0.4) is 0 Å². The first-order valence-corrected chi connectivity index (χ1v) is 5.07. The van der Waals surface area contributed by atoms with Crippen LogP contribution in [0.5, 0.6) is 5.75 Å². The average Bonchev–Trinajstić information content (AvgIpc) is 2.15. The third kappa shape index (κ3) is 2.02. The Kier molecular flexibility index (Phi) is 4.11. The molecule has 1 N–H and O–H groups in total. The van der Waals surface area contributed by atoms with Gasteiger partial charge in [0.2, 0.25) is 0 Å². The monoisotopic (exact) mass is 372 g/mol. The number of hydrogen-bond donors (Lipinski definition) is 1. The van der Waals surface area contributed by atoms with Crippen molar-refractivity contribution in [3.05, 3.63) is 33.0 Å². The van der Waals surface area contributed by atoms with Gasteiger partial charge >= 0.3 is 0 Å². The number of rotatable bonds is 0. The molecule has 0 fully saturated rings. The fraction of sp³-hybridized carbons (Fsp3) is 0. The molecule has 2 nitrogen and oxygen atoms in total. The van der Waals surface area contributed by atoms with Crippen LogP contribution in [-0.4, -0.2) is 29.9 Å². The van der Waals surface area contributed by atoms with Gasteiger partial charge in [-0.05, 0) is 40.8 Å². The van der Waals surface area contributed by atoms with E-state index < -0.39 is 0 Å². The topological polar surface area (TPSA) is 33.1 Å².